The third-order valence-electron chi connectivity index (χ3n) is 3.17. The lowest BCUT2D eigenvalue weighted by Gasteiger charge is -2.03. The maximum atomic E-state index is 11.7. The van der Waals surface area contributed by atoms with Gasteiger partial charge in [-0.2, -0.15) is 0 Å². The van der Waals surface area contributed by atoms with Crippen molar-refractivity contribution in [2.45, 2.75) is 0 Å². The molecule has 0 aliphatic rings. The highest BCUT2D eigenvalue weighted by molar-refractivity contribution is 5.92. The number of carbonyl (C=O) groups is 2. The SMILES string of the molecule is O=C(/C=C/c1cc(O)cc(O)c1)NCCNC(=O)/C=C/c1ccccn1. The van der Waals surface area contributed by atoms with Crippen LogP contribution in [0.1, 0.15) is 11.3 Å². The molecule has 2 amide bonds. The zero-order valence-electron chi connectivity index (χ0n) is 13.9. The number of rotatable bonds is 7. The number of pyridine rings is 1. The number of aromatic hydroxyl groups is 2. The molecule has 0 bridgehead atoms. The molecule has 0 aliphatic carbocycles. The number of nitrogens with zero attached hydrogens (tertiary/aromatic N) is 1. The van der Waals surface area contributed by atoms with Crippen LogP contribution in [-0.4, -0.2) is 40.1 Å². The Labute approximate surface area is 150 Å². The van der Waals surface area contributed by atoms with Gasteiger partial charge in [0.15, 0.2) is 0 Å². The van der Waals surface area contributed by atoms with Gasteiger partial charge in [0.25, 0.3) is 0 Å². The Bertz CT molecular complexity index is 797. The van der Waals surface area contributed by atoms with Crippen LogP contribution in [0.3, 0.4) is 0 Å². The molecule has 0 unspecified atom stereocenters. The van der Waals surface area contributed by atoms with E-state index in [0.29, 0.717) is 11.3 Å². The molecule has 0 atom stereocenters. The second-order valence-electron chi connectivity index (χ2n) is 5.29. The number of hydrogen-bond donors (Lipinski definition) is 4. The van der Waals surface area contributed by atoms with Crippen LogP contribution in [0, 0.1) is 0 Å². The Morgan fingerprint density at radius 2 is 1.54 bits per heavy atom. The summed E-state index contributed by atoms with van der Waals surface area (Å²) in [6.07, 6.45) is 7.35. The van der Waals surface area contributed by atoms with Crippen LogP contribution in [0.4, 0.5) is 0 Å². The van der Waals surface area contributed by atoms with Crippen molar-refractivity contribution in [3.05, 3.63) is 66.0 Å². The topological polar surface area (TPSA) is 112 Å². The molecule has 1 aromatic carbocycles. The van der Waals surface area contributed by atoms with E-state index in [2.05, 4.69) is 15.6 Å². The molecule has 7 nitrogen and oxygen atoms in total. The van der Waals surface area contributed by atoms with Crippen LogP contribution in [-0.2, 0) is 9.59 Å². The van der Waals surface area contributed by atoms with Crippen molar-refractivity contribution < 1.29 is 19.8 Å². The zero-order chi connectivity index (χ0) is 18.8. The number of aromatic nitrogens is 1. The summed E-state index contributed by atoms with van der Waals surface area (Å²) in [5.41, 5.74) is 1.17. The first kappa shape index (κ1) is 18.7. The summed E-state index contributed by atoms with van der Waals surface area (Å²) in [6, 6.07) is 9.42. The van der Waals surface area contributed by atoms with E-state index in [1.54, 1.807) is 24.4 Å². The second kappa shape index (κ2) is 9.63. The van der Waals surface area contributed by atoms with Crippen molar-refractivity contribution in [1.82, 2.24) is 15.6 Å². The summed E-state index contributed by atoms with van der Waals surface area (Å²) in [4.78, 5) is 27.4. The minimum Gasteiger partial charge on any atom is -0.508 e. The van der Waals surface area contributed by atoms with Crippen LogP contribution in [0.5, 0.6) is 11.5 Å². The van der Waals surface area contributed by atoms with Gasteiger partial charge >= 0.3 is 0 Å². The molecule has 1 heterocycles. The van der Waals surface area contributed by atoms with E-state index in [1.807, 2.05) is 6.07 Å². The number of benzene rings is 1. The van der Waals surface area contributed by atoms with E-state index in [4.69, 9.17) is 0 Å². The molecular weight excluding hydrogens is 334 g/mol. The zero-order valence-corrected chi connectivity index (χ0v) is 13.9. The van der Waals surface area contributed by atoms with Crippen LogP contribution >= 0.6 is 0 Å². The number of carbonyl (C=O) groups excluding carboxylic acids is 2. The molecule has 4 N–H and O–H groups in total. The first-order valence-electron chi connectivity index (χ1n) is 7.89. The highest BCUT2D eigenvalue weighted by Gasteiger charge is 1.99. The number of hydrogen-bond acceptors (Lipinski definition) is 5. The Balaban J connectivity index is 1.69. The van der Waals surface area contributed by atoms with Gasteiger partial charge < -0.3 is 20.8 Å². The normalized spacial score (nSPS) is 10.9. The van der Waals surface area contributed by atoms with Gasteiger partial charge in [-0.05, 0) is 42.0 Å². The van der Waals surface area contributed by atoms with Crippen LogP contribution in [0.25, 0.3) is 12.2 Å². The van der Waals surface area contributed by atoms with Gasteiger partial charge in [0.1, 0.15) is 11.5 Å². The first-order chi connectivity index (χ1) is 12.5. The Kier molecular flexibility index (Phi) is 6.93. The minimum atomic E-state index is -0.355. The average molecular weight is 353 g/mol. The smallest absolute Gasteiger partial charge is 0.244 e. The van der Waals surface area contributed by atoms with E-state index >= 15 is 0 Å². The Morgan fingerprint density at radius 3 is 2.12 bits per heavy atom. The molecule has 2 rings (SSSR count). The van der Waals surface area contributed by atoms with E-state index in [0.717, 1.165) is 0 Å². The maximum Gasteiger partial charge on any atom is 0.244 e. The van der Waals surface area contributed by atoms with Gasteiger partial charge in [-0.3, -0.25) is 14.6 Å². The predicted molar refractivity (Wildman–Crippen MR) is 98.1 cm³/mol. The summed E-state index contributed by atoms with van der Waals surface area (Å²) in [5.74, 6) is -0.820. The lowest BCUT2D eigenvalue weighted by Crippen LogP contribution is -2.33. The van der Waals surface area contributed by atoms with E-state index in [1.165, 1.54) is 36.4 Å². The maximum absolute atomic E-state index is 11.7. The van der Waals surface area contributed by atoms with Crippen molar-refractivity contribution in [3.8, 4) is 11.5 Å². The van der Waals surface area contributed by atoms with Crippen LogP contribution < -0.4 is 10.6 Å². The van der Waals surface area contributed by atoms with E-state index in [9.17, 15) is 19.8 Å². The molecule has 0 fully saturated rings. The van der Waals surface area contributed by atoms with Crippen LogP contribution in [0.15, 0.2) is 54.7 Å². The van der Waals surface area contributed by atoms with Crippen molar-refractivity contribution in [2.75, 3.05) is 13.1 Å². The van der Waals surface area contributed by atoms with Crippen LogP contribution in [0.2, 0.25) is 0 Å². The Hall–Kier alpha value is -3.61. The van der Waals surface area contributed by atoms with Crippen molar-refractivity contribution >= 4 is 24.0 Å². The molecule has 26 heavy (non-hydrogen) atoms. The second-order valence-corrected chi connectivity index (χ2v) is 5.29. The number of nitrogens with one attached hydrogen (secondary N) is 2. The summed E-state index contributed by atoms with van der Waals surface area (Å²) in [7, 11) is 0. The molecule has 2 aromatic rings. The monoisotopic (exact) mass is 353 g/mol. The van der Waals surface area contributed by atoms with Gasteiger partial charge in [0, 0.05) is 37.5 Å². The third-order valence-corrected chi connectivity index (χ3v) is 3.17. The lowest BCUT2D eigenvalue weighted by molar-refractivity contribution is -0.118. The summed E-state index contributed by atoms with van der Waals surface area (Å²) in [6.45, 7) is 0.537. The van der Waals surface area contributed by atoms with Gasteiger partial charge in [-0.15, -0.1) is 0 Å². The molecule has 0 spiro atoms. The summed E-state index contributed by atoms with van der Waals surface area (Å²) < 4.78 is 0. The van der Waals surface area contributed by atoms with Gasteiger partial charge in [0.2, 0.25) is 11.8 Å². The average Bonchev–Trinajstić information content (AvgIpc) is 2.62. The predicted octanol–water partition coefficient (Wildman–Crippen LogP) is 1.45. The third kappa shape index (κ3) is 6.88. The largest absolute Gasteiger partial charge is 0.508 e. The fourth-order valence-corrected chi connectivity index (χ4v) is 2.01. The fourth-order valence-electron chi connectivity index (χ4n) is 2.01. The van der Waals surface area contributed by atoms with E-state index < -0.39 is 0 Å². The summed E-state index contributed by atoms with van der Waals surface area (Å²) in [5, 5.41) is 24.0. The highest BCUT2D eigenvalue weighted by atomic mass is 16.3. The molecule has 134 valence electrons. The lowest BCUT2D eigenvalue weighted by atomic mass is 10.2. The molecule has 7 heteroatoms. The Morgan fingerprint density at radius 1 is 0.923 bits per heavy atom. The van der Waals surface area contributed by atoms with Crippen molar-refractivity contribution in [3.63, 3.8) is 0 Å². The molecule has 0 aliphatic heterocycles. The minimum absolute atomic E-state index is 0.0912. The van der Waals surface area contributed by atoms with Crippen molar-refractivity contribution in [1.29, 1.82) is 0 Å². The van der Waals surface area contributed by atoms with E-state index in [-0.39, 0.29) is 36.4 Å². The summed E-state index contributed by atoms with van der Waals surface area (Å²) >= 11 is 0. The number of phenolic OH excluding ortho intramolecular Hbond substituents is 2. The van der Waals surface area contributed by atoms with Crippen molar-refractivity contribution in [2.24, 2.45) is 0 Å². The molecule has 0 saturated heterocycles. The molecule has 0 radical (unpaired) electrons. The van der Waals surface area contributed by atoms with Gasteiger partial charge in [0.05, 0.1) is 5.69 Å². The van der Waals surface area contributed by atoms with Gasteiger partial charge in [-0.25, -0.2) is 0 Å². The molecular formula is C19H19N3O4. The quantitative estimate of drug-likeness (QED) is 0.445. The fraction of sp³-hybridized carbons (Fsp3) is 0.105. The highest BCUT2D eigenvalue weighted by Crippen LogP contribution is 2.21. The first-order valence-corrected chi connectivity index (χ1v) is 7.89. The number of phenols is 2. The molecule has 0 saturated carbocycles. The van der Waals surface area contributed by atoms with Gasteiger partial charge in [-0.1, -0.05) is 6.07 Å². The number of amides is 2. The standard InChI is InChI=1S/C19H19N3O4/c23-16-11-14(12-17(24)13-16)4-6-18(25)21-9-10-22-19(26)7-5-15-3-1-2-8-20-15/h1-8,11-13,23-24H,9-10H2,(H,21,25)(H,22,26)/b6-4+,7-5+. The molecule has 1 aromatic heterocycles.